The Kier molecular flexibility index (Phi) is 4.94. The van der Waals surface area contributed by atoms with E-state index in [1.165, 1.54) is 0 Å². The van der Waals surface area contributed by atoms with E-state index in [1.54, 1.807) is 19.4 Å². The summed E-state index contributed by atoms with van der Waals surface area (Å²) in [4.78, 5) is 12.8. The maximum Gasteiger partial charge on any atom is 0.192 e. The van der Waals surface area contributed by atoms with Crippen LogP contribution in [0.2, 0.25) is 0 Å². The molecule has 2 heterocycles. The number of aryl methyl sites for hydroxylation is 1. The third-order valence-electron chi connectivity index (χ3n) is 2.95. The maximum absolute atomic E-state index is 5.23. The molecule has 0 aliphatic heterocycles. The summed E-state index contributed by atoms with van der Waals surface area (Å²) in [6.07, 6.45) is 10.6. The number of aromatic nitrogens is 3. The highest BCUT2D eigenvalue weighted by Crippen LogP contribution is 2.12. The first-order valence-electron chi connectivity index (χ1n) is 6.58. The van der Waals surface area contributed by atoms with Crippen LogP contribution < -0.4 is 10.6 Å². The van der Waals surface area contributed by atoms with Crippen LogP contribution in [0.15, 0.2) is 35.7 Å². The van der Waals surface area contributed by atoms with E-state index in [9.17, 15) is 0 Å². The van der Waals surface area contributed by atoms with Gasteiger partial charge in [0.15, 0.2) is 5.96 Å². The second kappa shape index (κ2) is 7.10. The van der Waals surface area contributed by atoms with Crippen molar-refractivity contribution in [3.63, 3.8) is 0 Å². The van der Waals surface area contributed by atoms with Crippen molar-refractivity contribution >= 4 is 5.96 Å². The third-order valence-corrected chi connectivity index (χ3v) is 2.95. The van der Waals surface area contributed by atoms with E-state index in [2.05, 4.69) is 31.5 Å². The molecule has 6 nitrogen and oxygen atoms in total. The molecule has 0 aliphatic rings. The van der Waals surface area contributed by atoms with Gasteiger partial charge in [-0.1, -0.05) is 12.0 Å². The monoisotopic (exact) mass is 282 g/mol. The van der Waals surface area contributed by atoms with Gasteiger partial charge in [-0.05, 0) is 13.0 Å². The molecule has 0 unspecified atom stereocenters. The Labute approximate surface area is 124 Å². The van der Waals surface area contributed by atoms with Gasteiger partial charge in [-0.15, -0.1) is 6.42 Å². The Morgan fingerprint density at radius 3 is 2.90 bits per heavy atom. The predicted octanol–water partition coefficient (Wildman–Crippen LogP) is 0.874. The van der Waals surface area contributed by atoms with E-state index in [0.29, 0.717) is 19.0 Å². The average Bonchev–Trinajstić information content (AvgIpc) is 2.94. The van der Waals surface area contributed by atoms with Crippen LogP contribution in [0.3, 0.4) is 0 Å². The lowest BCUT2D eigenvalue weighted by molar-refractivity contribution is 0.822. The maximum atomic E-state index is 5.23. The molecule has 2 aromatic heterocycles. The summed E-state index contributed by atoms with van der Waals surface area (Å²) in [7, 11) is 1.70. The number of aliphatic imine (C=N–C) groups is 1. The fraction of sp³-hybridized carbons (Fsp3) is 0.267. The van der Waals surface area contributed by atoms with Crippen LogP contribution in [-0.4, -0.2) is 34.1 Å². The SMILES string of the molecule is C#CCNC(=NC)NCc1cccnc1-n1ccnc1C. The number of guanidine groups is 1. The number of pyridine rings is 1. The quantitative estimate of drug-likeness (QED) is 0.496. The zero-order chi connectivity index (χ0) is 15.1. The van der Waals surface area contributed by atoms with E-state index in [4.69, 9.17) is 6.42 Å². The van der Waals surface area contributed by atoms with Gasteiger partial charge in [0.1, 0.15) is 11.6 Å². The minimum absolute atomic E-state index is 0.431. The highest BCUT2D eigenvalue weighted by Gasteiger charge is 2.08. The van der Waals surface area contributed by atoms with Crippen LogP contribution in [-0.2, 0) is 6.54 Å². The van der Waals surface area contributed by atoms with Gasteiger partial charge in [0.05, 0.1) is 6.54 Å². The molecule has 0 atom stereocenters. The molecule has 2 aromatic rings. The van der Waals surface area contributed by atoms with Crippen molar-refractivity contribution in [3.05, 3.63) is 42.1 Å². The van der Waals surface area contributed by atoms with E-state index in [-0.39, 0.29) is 0 Å². The van der Waals surface area contributed by atoms with Crippen molar-refractivity contribution < 1.29 is 0 Å². The van der Waals surface area contributed by atoms with E-state index in [1.807, 2.05) is 29.8 Å². The van der Waals surface area contributed by atoms with Crippen LogP contribution in [0.25, 0.3) is 5.82 Å². The summed E-state index contributed by atoms with van der Waals surface area (Å²) < 4.78 is 1.95. The number of hydrogen-bond donors (Lipinski definition) is 2. The van der Waals surface area contributed by atoms with Crippen molar-refractivity contribution in [2.45, 2.75) is 13.5 Å². The van der Waals surface area contributed by atoms with Gasteiger partial charge in [-0.3, -0.25) is 9.56 Å². The Morgan fingerprint density at radius 2 is 2.24 bits per heavy atom. The van der Waals surface area contributed by atoms with Gasteiger partial charge in [0, 0.05) is 37.7 Å². The number of rotatable bonds is 4. The molecule has 0 saturated heterocycles. The molecule has 0 bridgehead atoms. The molecular formula is C15H18N6. The van der Waals surface area contributed by atoms with Crippen LogP contribution in [0.5, 0.6) is 0 Å². The molecule has 0 aromatic carbocycles. The van der Waals surface area contributed by atoms with Crippen LogP contribution in [0.4, 0.5) is 0 Å². The minimum atomic E-state index is 0.431. The molecule has 0 aliphatic carbocycles. The van der Waals surface area contributed by atoms with Crippen molar-refractivity contribution in [1.29, 1.82) is 0 Å². The van der Waals surface area contributed by atoms with Gasteiger partial charge < -0.3 is 10.6 Å². The molecule has 2 rings (SSSR count). The van der Waals surface area contributed by atoms with E-state index >= 15 is 0 Å². The first-order valence-corrected chi connectivity index (χ1v) is 6.58. The smallest absolute Gasteiger partial charge is 0.192 e. The third kappa shape index (κ3) is 3.60. The molecule has 21 heavy (non-hydrogen) atoms. The van der Waals surface area contributed by atoms with Crippen molar-refractivity contribution in [3.8, 4) is 18.2 Å². The number of nitrogens with one attached hydrogen (secondary N) is 2. The first-order chi connectivity index (χ1) is 10.3. The van der Waals surface area contributed by atoms with Gasteiger partial charge in [0.25, 0.3) is 0 Å². The lowest BCUT2D eigenvalue weighted by Gasteiger charge is -2.13. The molecular weight excluding hydrogens is 264 g/mol. The molecule has 0 radical (unpaired) electrons. The normalized spacial score (nSPS) is 11.0. The Balaban J connectivity index is 2.15. The molecule has 108 valence electrons. The Hall–Kier alpha value is -2.81. The van der Waals surface area contributed by atoms with Crippen molar-refractivity contribution in [2.75, 3.05) is 13.6 Å². The van der Waals surface area contributed by atoms with Gasteiger partial charge in [0.2, 0.25) is 0 Å². The minimum Gasteiger partial charge on any atom is -0.352 e. The summed E-state index contributed by atoms with van der Waals surface area (Å²) in [6, 6.07) is 3.92. The van der Waals surface area contributed by atoms with E-state index < -0.39 is 0 Å². The Bertz CT molecular complexity index is 665. The van der Waals surface area contributed by atoms with Crippen LogP contribution in [0.1, 0.15) is 11.4 Å². The summed E-state index contributed by atoms with van der Waals surface area (Å²) >= 11 is 0. The second-order valence-corrected chi connectivity index (χ2v) is 4.31. The van der Waals surface area contributed by atoms with Gasteiger partial charge in [-0.2, -0.15) is 0 Å². The van der Waals surface area contributed by atoms with Crippen LogP contribution in [0, 0.1) is 19.3 Å². The van der Waals surface area contributed by atoms with Gasteiger partial charge in [-0.25, -0.2) is 9.97 Å². The van der Waals surface area contributed by atoms with Gasteiger partial charge >= 0.3 is 0 Å². The van der Waals surface area contributed by atoms with Crippen LogP contribution >= 0.6 is 0 Å². The zero-order valence-electron chi connectivity index (χ0n) is 12.2. The zero-order valence-corrected chi connectivity index (χ0v) is 12.2. The van der Waals surface area contributed by atoms with Crippen molar-refractivity contribution in [1.82, 2.24) is 25.2 Å². The lowest BCUT2D eigenvalue weighted by atomic mass is 10.2. The summed E-state index contributed by atoms with van der Waals surface area (Å²) in [5.41, 5.74) is 1.04. The summed E-state index contributed by atoms with van der Waals surface area (Å²) in [5.74, 6) is 4.92. The highest BCUT2D eigenvalue weighted by molar-refractivity contribution is 5.79. The topological polar surface area (TPSA) is 67.1 Å². The fourth-order valence-corrected chi connectivity index (χ4v) is 1.92. The fourth-order valence-electron chi connectivity index (χ4n) is 1.92. The molecule has 0 fully saturated rings. The number of imidazole rings is 1. The molecule has 0 spiro atoms. The lowest BCUT2D eigenvalue weighted by Crippen LogP contribution is -2.37. The molecule has 2 N–H and O–H groups in total. The molecule has 0 saturated carbocycles. The number of nitrogens with zero attached hydrogens (tertiary/aromatic N) is 4. The molecule has 6 heteroatoms. The van der Waals surface area contributed by atoms with Crippen molar-refractivity contribution in [2.24, 2.45) is 4.99 Å². The number of terminal acetylenes is 1. The number of hydrogen-bond acceptors (Lipinski definition) is 3. The average molecular weight is 282 g/mol. The standard InChI is InChI=1S/C15H18N6/c1-4-7-19-15(16-3)20-11-13-6-5-8-18-14(13)21-10-9-17-12(21)2/h1,5-6,8-10H,7,11H2,2-3H3,(H2,16,19,20). The second-order valence-electron chi connectivity index (χ2n) is 4.31. The highest BCUT2D eigenvalue weighted by atomic mass is 15.2. The largest absolute Gasteiger partial charge is 0.352 e. The summed E-state index contributed by atoms with van der Waals surface area (Å²) in [6.45, 7) is 2.96. The predicted molar refractivity (Wildman–Crippen MR) is 83.1 cm³/mol. The van der Waals surface area contributed by atoms with E-state index in [0.717, 1.165) is 17.2 Å². The first kappa shape index (κ1) is 14.6. The summed E-state index contributed by atoms with van der Waals surface area (Å²) in [5, 5.41) is 6.23. The molecule has 0 amide bonds. The Morgan fingerprint density at radius 1 is 1.38 bits per heavy atom.